The van der Waals surface area contributed by atoms with Gasteiger partial charge < -0.3 is 5.73 Å². The Morgan fingerprint density at radius 2 is 1.90 bits per heavy atom. The minimum atomic E-state index is -0.145. The number of rotatable bonds is 2. The number of hydrogen-bond acceptors (Lipinski definition) is 1. The van der Waals surface area contributed by atoms with Crippen LogP contribution in [0.25, 0.3) is 0 Å². The molecule has 0 aromatic heterocycles. The molecular weight excluding hydrogens is 301 g/mol. The van der Waals surface area contributed by atoms with Crippen molar-refractivity contribution in [2.45, 2.75) is 64.8 Å². The zero-order valence-electron chi connectivity index (χ0n) is 13.4. The second-order valence-electron chi connectivity index (χ2n) is 7.77. The highest BCUT2D eigenvalue weighted by molar-refractivity contribution is 6.33. The molecule has 0 aliphatic heterocycles. The third kappa shape index (κ3) is 4.61. The van der Waals surface area contributed by atoms with Crippen LogP contribution in [0.2, 0.25) is 10.0 Å². The van der Waals surface area contributed by atoms with Gasteiger partial charge in [0.25, 0.3) is 0 Å². The van der Waals surface area contributed by atoms with Gasteiger partial charge in [-0.1, -0.05) is 50.4 Å². The second kappa shape index (κ2) is 6.48. The van der Waals surface area contributed by atoms with Crippen LogP contribution in [0, 0.1) is 11.3 Å². The summed E-state index contributed by atoms with van der Waals surface area (Å²) in [6.45, 7) is 7.03. The van der Waals surface area contributed by atoms with Crippen LogP contribution < -0.4 is 5.73 Å². The molecule has 21 heavy (non-hydrogen) atoms. The molecule has 2 unspecified atom stereocenters. The molecule has 0 saturated heterocycles. The number of halogens is 2. The Morgan fingerprint density at radius 1 is 1.19 bits per heavy atom. The summed E-state index contributed by atoms with van der Waals surface area (Å²) in [5, 5.41) is 1.51. The number of nitrogens with two attached hydrogens (primary N) is 1. The maximum Gasteiger partial charge on any atom is 0.0439 e. The van der Waals surface area contributed by atoms with Crippen molar-refractivity contribution in [3.63, 3.8) is 0 Å². The lowest BCUT2D eigenvalue weighted by Crippen LogP contribution is -2.41. The van der Waals surface area contributed by atoms with Crippen molar-refractivity contribution in [3.8, 4) is 0 Å². The van der Waals surface area contributed by atoms with Crippen LogP contribution in [0.4, 0.5) is 0 Å². The van der Waals surface area contributed by atoms with E-state index in [2.05, 4.69) is 20.8 Å². The minimum absolute atomic E-state index is 0.145. The summed E-state index contributed by atoms with van der Waals surface area (Å²) in [5.74, 6) is 0.762. The molecule has 0 bridgehead atoms. The van der Waals surface area contributed by atoms with E-state index < -0.39 is 0 Å². The van der Waals surface area contributed by atoms with Crippen LogP contribution in [-0.2, 0) is 6.42 Å². The first kappa shape index (κ1) is 17.1. The first-order valence-corrected chi connectivity index (χ1v) is 8.68. The number of benzene rings is 1. The third-order valence-corrected chi connectivity index (χ3v) is 5.60. The van der Waals surface area contributed by atoms with Crippen molar-refractivity contribution in [2.24, 2.45) is 17.1 Å². The molecule has 1 aliphatic carbocycles. The minimum Gasteiger partial charge on any atom is -0.325 e. The molecule has 0 heterocycles. The Bertz CT molecular complexity index is 492. The van der Waals surface area contributed by atoms with Gasteiger partial charge in [-0.2, -0.15) is 0 Å². The fourth-order valence-corrected chi connectivity index (χ4v) is 3.91. The molecule has 1 aromatic carbocycles. The zero-order chi connectivity index (χ0) is 15.7. The largest absolute Gasteiger partial charge is 0.325 e. The van der Waals surface area contributed by atoms with Crippen LogP contribution in [0.15, 0.2) is 18.2 Å². The lowest BCUT2D eigenvalue weighted by molar-refractivity contribution is 0.210. The summed E-state index contributed by atoms with van der Waals surface area (Å²) in [6.07, 6.45) is 6.66. The average molecular weight is 328 g/mol. The van der Waals surface area contributed by atoms with Crippen LogP contribution >= 0.6 is 23.2 Å². The molecular formula is C18H27Cl2N. The summed E-state index contributed by atoms with van der Waals surface area (Å²) in [7, 11) is 0. The van der Waals surface area contributed by atoms with E-state index in [1.165, 1.54) is 19.3 Å². The van der Waals surface area contributed by atoms with Gasteiger partial charge in [-0.05, 0) is 67.2 Å². The highest BCUT2D eigenvalue weighted by Crippen LogP contribution is 2.40. The molecule has 0 amide bonds. The van der Waals surface area contributed by atoms with Crippen LogP contribution in [-0.4, -0.2) is 5.54 Å². The summed E-state index contributed by atoms with van der Waals surface area (Å²) < 4.78 is 0. The molecule has 2 atom stereocenters. The maximum atomic E-state index is 6.71. The lowest BCUT2D eigenvalue weighted by Gasteiger charge is -2.31. The summed E-state index contributed by atoms with van der Waals surface area (Å²) in [6, 6.07) is 5.67. The first-order valence-electron chi connectivity index (χ1n) is 7.92. The molecule has 1 aliphatic rings. The SMILES string of the molecule is CC(C)(C)C1CCCC(N)(Cc2cc(Cl)ccc2Cl)CC1. The van der Waals surface area contributed by atoms with Gasteiger partial charge in [-0.15, -0.1) is 0 Å². The fraction of sp³-hybridized carbons (Fsp3) is 0.667. The Kier molecular flexibility index (Phi) is 5.28. The summed E-state index contributed by atoms with van der Waals surface area (Å²) in [5.41, 5.74) is 8.03. The standard InChI is InChI=1S/C18H27Cl2N/c1-17(2,3)14-5-4-9-18(21,10-8-14)12-13-11-15(19)6-7-16(13)20/h6-7,11,14H,4-5,8-10,12,21H2,1-3H3. The van der Waals surface area contributed by atoms with Gasteiger partial charge in [0, 0.05) is 15.6 Å². The van der Waals surface area contributed by atoms with E-state index in [1.54, 1.807) is 0 Å². The van der Waals surface area contributed by atoms with Crippen molar-refractivity contribution < 1.29 is 0 Å². The van der Waals surface area contributed by atoms with E-state index in [-0.39, 0.29) is 5.54 Å². The molecule has 1 saturated carbocycles. The molecule has 0 radical (unpaired) electrons. The average Bonchev–Trinajstić information content (AvgIpc) is 2.55. The summed E-state index contributed by atoms with van der Waals surface area (Å²) >= 11 is 12.4. The van der Waals surface area contributed by atoms with Crippen LogP contribution in [0.1, 0.15) is 58.4 Å². The van der Waals surface area contributed by atoms with Gasteiger partial charge in [-0.25, -0.2) is 0 Å². The molecule has 2 rings (SSSR count). The summed E-state index contributed by atoms with van der Waals surface area (Å²) in [4.78, 5) is 0. The van der Waals surface area contributed by atoms with Gasteiger partial charge in [-0.3, -0.25) is 0 Å². The maximum absolute atomic E-state index is 6.71. The van der Waals surface area contributed by atoms with Gasteiger partial charge in [0.15, 0.2) is 0 Å². The number of hydrogen-bond donors (Lipinski definition) is 1. The van der Waals surface area contributed by atoms with E-state index in [9.17, 15) is 0 Å². The Labute approximate surface area is 139 Å². The van der Waals surface area contributed by atoms with Gasteiger partial charge in [0.05, 0.1) is 0 Å². The monoisotopic (exact) mass is 327 g/mol. The molecule has 0 spiro atoms. The van der Waals surface area contributed by atoms with E-state index in [0.29, 0.717) is 5.41 Å². The zero-order valence-corrected chi connectivity index (χ0v) is 14.9. The fourth-order valence-electron chi connectivity index (χ4n) is 3.53. The molecule has 1 aromatic rings. The molecule has 118 valence electrons. The Balaban J connectivity index is 2.10. The third-order valence-electron chi connectivity index (χ3n) is 4.99. The van der Waals surface area contributed by atoms with Crippen LogP contribution in [0.3, 0.4) is 0 Å². The normalized spacial score (nSPS) is 27.4. The molecule has 3 heteroatoms. The van der Waals surface area contributed by atoms with E-state index in [0.717, 1.165) is 40.8 Å². The van der Waals surface area contributed by atoms with E-state index in [4.69, 9.17) is 28.9 Å². The molecule has 1 nitrogen and oxygen atoms in total. The highest BCUT2D eigenvalue weighted by Gasteiger charge is 2.34. The lowest BCUT2D eigenvalue weighted by atomic mass is 9.76. The van der Waals surface area contributed by atoms with Crippen LogP contribution in [0.5, 0.6) is 0 Å². The van der Waals surface area contributed by atoms with E-state index >= 15 is 0 Å². The highest BCUT2D eigenvalue weighted by atomic mass is 35.5. The van der Waals surface area contributed by atoms with Crippen molar-refractivity contribution in [2.75, 3.05) is 0 Å². The predicted molar refractivity (Wildman–Crippen MR) is 93.1 cm³/mol. The first-order chi connectivity index (χ1) is 9.70. The molecule has 2 N–H and O–H groups in total. The van der Waals surface area contributed by atoms with E-state index in [1.807, 2.05) is 18.2 Å². The quantitative estimate of drug-likeness (QED) is 0.676. The van der Waals surface area contributed by atoms with Crippen molar-refractivity contribution in [1.82, 2.24) is 0 Å². The van der Waals surface area contributed by atoms with Crippen molar-refractivity contribution in [3.05, 3.63) is 33.8 Å². The predicted octanol–water partition coefficient (Wildman–Crippen LogP) is 5.86. The van der Waals surface area contributed by atoms with Crippen molar-refractivity contribution in [1.29, 1.82) is 0 Å². The molecule has 1 fully saturated rings. The van der Waals surface area contributed by atoms with Gasteiger partial charge in [0.1, 0.15) is 0 Å². The second-order valence-corrected chi connectivity index (χ2v) is 8.61. The Morgan fingerprint density at radius 3 is 2.57 bits per heavy atom. The van der Waals surface area contributed by atoms with Gasteiger partial charge in [0.2, 0.25) is 0 Å². The van der Waals surface area contributed by atoms with Crippen molar-refractivity contribution >= 4 is 23.2 Å². The van der Waals surface area contributed by atoms with Gasteiger partial charge >= 0.3 is 0 Å². The smallest absolute Gasteiger partial charge is 0.0439 e. The topological polar surface area (TPSA) is 26.0 Å². The Hall–Kier alpha value is -0.240.